The highest BCUT2D eigenvalue weighted by molar-refractivity contribution is 7.22. The summed E-state index contributed by atoms with van der Waals surface area (Å²) in [7, 11) is 0. The zero-order valence-electron chi connectivity index (χ0n) is 16.1. The number of rotatable bonds is 6. The summed E-state index contributed by atoms with van der Waals surface area (Å²) in [5, 5.41) is 8.16. The van der Waals surface area contributed by atoms with Crippen LogP contribution in [-0.2, 0) is 11.2 Å². The first-order valence-corrected chi connectivity index (χ1v) is 9.83. The normalized spacial score (nSPS) is 11.6. The second-order valence-corrected chi connectivity index (χ2v) is 7.58. The number of nitrogens with zero attached hydrogens (tertiary/aromatic N) is 2. The second-order valence-electron chi connectivity index (χ2n) is 6.58. The molecule has 3 rings (SSSR count). The number of carbonyl (C=O) groups excluding carboxylic acids is 1. The fourth-order valence-corrected chi connectivity index (χ4v) is 3.71. The topological polar surface area (TPSA) is 66.4 Å². The molecule has 2 N–H and O–H groups in total. The van der Waals surface area contributed by atoms with Crippen LogP contribution in [0.15, 0.2) is 41.5 Å². The molecule has 1 heterocycles. The number of aromatic nitrogens is 1. The molecule has 2 aromatic carbocycles. The van der Waals surface area contributed by atoms with E-state index in [2.05, 4.69) is 27.8 Å². The zero-order chi connectivity index (χ0) is 19.4. The minimum Gasteiger partial charge on any atom is -0.325 e. The van der Waals surface area contributed by atoms with Crippen molar-refractivity contribution in [3.63, 3.8) is 0 Å². The number of fused-ring (bicyclic) bond motifs is 1. The quantitative estimate of drug-likeness (QED) is 0.451. The minimum absolute atomic E-state index is 0.0159. The Hall–Kier alpha value is -2.73. The summed E-state index contributed by atoms with van der Waals surface area (Å²) < 4.78 is 1.06. The third kappa shape index (κ3) is 4.52. The first kappa shape index (κ1) is 19.0. The van der Waals surface area contributed by atoms with E-state index < -0.39 is 0 Å². The van der Waals surface area contributed by atoms with Crippen molar-refractivity contribution >= 4 is 44.0 Å². The van der Waals surface area contributed by atoms with Crippen LogP contribution < -0.4 is 10.7 Å². The van der Waals surface area contributed by atoms with E-state index in [1.54, 1.807) is 11.3 Å². The molecule has 1 amide bonds. The van der Waals surface area contributed by atoms with Crippen molar-refractivity contribution in [2.75, 3.05) is 10.7 Å². The molecule has 0 spiro atoms. The standard InChI is InChI=1S/C21H24N4OS/c1-5-14(3)24-25-21-22-17-11-13(2)19(15(4)20(17)27-21)23-18(26)12-16-9-7-6-8-10-16/h6-11H,5,12H2,1-4H3,(H,22,25)(H,23,26)/b24-14+. The largest absolute Gasteiger partial charge is 0.325 e. The van der Waals surface area contributed by atoms with Crippen molar-refractivity contribution in [2.24, 2.45) is 5.10 Å². The lowest BCUT2D eigenvalue weighted by atomic mass is 10.1. The summed E-state index contributed by atoms with van der Waals surface area (Å²) in [5.41, 5.74) is 8.88. The van der Waals surface area contributed by atoms with Crippen molar-refractivity contribution in [2.45, 2.75) is 40.5 Å². The van der Waals surface area contributed by atoms with Gasteiger partial charge in [0.2, 0.25) is 11.0 Å². The molecule has 5 nitrogen and oxygen atoms in total. The lowest BCUT2D eigenvalue weighted by Gasteiger charge is -2.12. The maximum Gasteiger partial charge on any atom is 0.228 e. The highest BCUT2D eigenvalue weighted by atomic mass is 32.1. The Morgan fingerprint density at radius 2 is 1.96 bits per heavy atom. The summed E-state index contributed by atoms with van der Waals surface area (Å²) in [5.74, 6) is -0.0159. The van der Waals surface area contributed by atoms with E-state index in [0.29, 0.717) is 6.42 Å². The summed E-state index contributed by atoms with van der Waals surface area (Å²) in [6, 6.07) is 11.8. The molecule has 3 aromatic rings. The van der Waals surface area contributed by atoms with Gasteiger partial charge in [-0.15, -0.1) is 0 Å². The molecule has 0 radical (unpaired) electrons. The molecule has 0 aliphatic carbocycles. The van der Waals surface area contributed by atoms with Crippen molar-refractivity contribution in [1.82, 2.24) is 4.98 Å². The maximum absolute atomic E-state index is 12.5. The molecular formula is C21H24N4OS. The predicted molar refractivity (Wildman–Crippen MR) is 115 cm³/mol. The fraction of sp³-hybridized carbons (Fsp3) is 0.286. The summed E-state index contributed by atoms with van der Waals surface area (Å²) in [6.45, 7) is 8.07. The maximum atomic E-state index is 12.5. The van der Waals surface area contributed by atoms with Crippen LogP contribution >= 0.6 is 11.3 Å². The number of hydrazone groups is 1. The number of aryl methyl sites for hydroxylation is 2. The minimum atomic E-state index is -0.0159. The Morgan fingerprint density at radius 1 is 1.22 bits per heavy atom. The lowest BCUT2D eigenvalue weighted by molar-refractivity contribution is -0.115. The number of hydrogen-bond donors (Lipinski definition) is 2. The molecule has 0 aliphatic heterocycles. The van der Waals surface area contributed by atoms with E-state index in [1.807, 2.05) is 57.2 Å². The number of anilines is 2. The SMILES string of the molecule is CC/C(C)=N/Nc1nc2cc(C)c(NC(=O)Cc3ccccc3)c(C)c2s1. The molecule has 0 aliphatic rings. The fourth-order valence-electron chi connectivity index (χ4n) is 2.81. The summed E-state index contributed by atoms with van der Waals surface area (Å²) in [4.78, 5) is 17.1. The van der Waals surface area contributed by atoms with Gasteiger partial charge in [-0.1, -0.05) is 48.6 Å². The van der Waals surface area contributed by atoms with Gasteiger partial charge in [-0.25, -0.2) is 4.98 Å². The van der Waals surface area contributed by atoms with Gasteiger partial charge in [-0.05, 0) is 49.9 Å². The Bertz CT molecular complexity index is 992. The van der Waals surface area contributed by atoms with E-state index in [-0.39, 0.29) is 5.91 Å². The van der Waals surface area contributed by atoms with Gasteiger partial charge in [0.1, 0.15) is 0 Å². The van der Waals surface area contributed by atoms with E-state index in [0.717, 1.165) is 49.9 Å². The van der Waals surface area contributed by atoms with Gasteiger partial charge in [-0.3, -0.25) is 10.2 Å². The highest BCUT2D eigenvalue weighted by Gasteiger charge is 2.14. The summed E-state index contributed by atoms with van der Waals surface area (Å²) in [6.07, 6.45) is 1.26. The van der Waals surface area contributed by atoms with Crippen LogP contribution in [0, 0.1) is 13.8 Å². The molecule has 6 heteroatoms. The van der Waals surface area contributed by atoms with Crippen LogP contribution in [0.4, 0.5) is 10.8 Å². The molecule has 1 aromatic heterocycles. The van der Waals surface area contributed by atoms with Crippen LogP contribution in [0.5, 0.6) is 0 Å². The van der Waals surface area contributed by atoms with Crippen LogP contribution in [0.3, 0.4) is 0 Å². The Morgan fingerprint density at radius 3 is 2.67 bits per heavy atom. The Kier molecular flexibility index (Phi) is 5.86. The van der Waals surface area contributed by atoms with E-state index in [4.69, 9.17) is 0 Å². The first-order chi connectivity index (χ1) is 13.0. The number of thiazole rings is 1. The van der Waals surface area contributed by atoms with Crippen molar-refractivity contribution in [3.8, 4) is 0 Å². The molecule has 0 saturated heterocycles. The number of benzene rings is 2. The Labute approximate surface area is 163 Å². The zero-order valence-corrected chi connectivity index (χ0v) is 16.9. The number of nitrogens with one attached hydrogen (secondary N) is 2. The van der Waals surface area contributed by atoms with Gasteiger partial charge in [0, 0.05) is 11.4 Å². The van der Waals surface area contributed by atoms with E-state index >= 15 is 0 Å². The molecule has 27 heavy (non-hydrogen) atoms. The van der Waals surface area contributed by atoms with Crippen LogP contribution in [-0.4, -0.2) is 16.6 Å². The predicted octanol–water partition coefficient (Wildman–Crippen LogP) is 5.29. The van der Waals surface area contributed by atoms with Gasteiger partial charge < -0.3 is 5.32 Å². The van der Waals surface area contributed by atoms with Gasteiger partial charge in [0.25, 0.3) is 0 Å². The number of hydrogen-bond acceptors (Lipinski definition) is 5. The average Bonchev–Trinajstić information content (AvgIpc) is 3.07. The lowest BCUT2D eigenvalue weighted by Crippen LogP contribution is -2.16. The van der Waals surface area contributed by atoms with Crippen molar-refractivity contribution < 1.29 is 4.79 Å². The number of carbonyl (C=O) groups is 1. The molecule has 0 saturated carbocycles. The van der Waals surface area contributed by atoms with Crippen molar-refractivity contribution in [3.05, 3.63) is 53.1 Å². The third-order valence-corrected chi connectivity index (χ3v) is 5.54. The number of amides is 1. The van der Waals surface area contributed by atoms with Crippen molar-refractivity contribution in [1.29, 1.82) is 0 Å². The summed E-state index contributed by atoms with van der Waals surface area (Å²) >= 11 is 1.55. The smallest absolute Gasteiger partial charge is 0.228 e. The first-order valence-electron chi connectivity index (χ1n) is 9.01. The van der Waals surface area contributed by atoms with Gasteiger partial charge in [-0.2, -0.15) is 5.10 Å². The van der Waals surface area contributed by atoms with Gasteiger partial charge in [0.15, 0.2) is 0 Å². The highest BCUT2D eigenvalue weighted by Crippen LogP contribution is 2.35. The van der Waals surface area contributed by atoms with Crippen LogP contribution in [0.25, 0.3) is 10.2 Å². The molecule has 140 valence electrons. The second kappa shape index (κ2) is 8.31. The monoisotopic (exact) mass is 380 g/mol. The van der Waals surface area contributed by atoms with E-state index in [9.17, 15) is 4.79 Å². The molecule has 0 unspecified atom stereocenters. The molecule has 0 bridgehead atoms. The average molecular weight is 381 g/mol. The van der Waals surface area contributed by atoms with E-state index in [1.165, 1.54) is 0 Å². The molecule has 0 fully saturated rings. The van der Waals surface area contributed by atoms with Crippen LogP contribution in [0.2, 0.25) is 0 Å². The third-order valence-electron chi connectivity index (χ3n) is 4.44. The molecular weight excluding hydrogens is 356 g/mol. The Balaban J connectivity index is 1.84. The van der Waals surface area contributed by atoms with Gasteiger partial charge in [0.05, 0.1) is 16.6 Å². The molecule has 0 atom stereocenters. The van der Waals surface area contributed by atoms with Gasteiger partial charge >= 0.3 is 0 Å². The van der Waals surface area contributed by atoms with Crippen LogP contribution in [0.1, 0.15) is 37.0 Å².